The van der Waals surface area contributed by atoms with E-state index >= 15 is 0 Å². The maximum atomic E-state index is 12.9. The van der Waals surface area contributed by atoms with Crippen LogP contribution in [-0.2, 0) is 7.05 Å². The lowest BCUT2D eigenvalue weighted by atomic mass is 10.1. The predicted molar refractivity (Wildman–Crippen MR) is 109 cm³/mol. The molecule has 2 aliphatic rings. The second-order valence-corrected chi connectivity index (χ2v) is 7.97. The Hall–Kier alpha value is -3.13. The van der Waals surface area contributed by atoms with Gasteiger partial charge in [0.25, 0.3) is 5.56 Å². The molecular formula is C20H18ClN5O3. The molecule has 1 saturated heterocycles. The lowest BCUT2D eigenvalue weighted by molar-refractivity contribution is 0.150. The number of hydrogen-bond acceptors (Lipinski definition) is 5. The van der Waals surface area contributed by atoms with E-state index in [0.717, 1.165) is 5.39 Å². The van der Waals surface area contributed by atoms with Crippen molar-refractivity contribution in [2.75, 3.05) is 18.4 Å². The summed E-state index contributed by atoms with van der Waals surface area (Å²) in [6.07, 6.45) is 0.814. The fourth-order valence-corrected chi connectivity index (χ4v) is 4.47. The first-order valence-electron chi connectivity index (χ1n) is 9.30. The Balaban J connectivity index is 1.44. The third-order valence-electron chi connectivity index (χ3n) is 5.87. The number of aromatic nitrogens is 3. The second kappa shape index (κ2) is 6.45. The number of rotatable bonds is 3. The summed E-state index contributed by atoms with van der Waals surface area (Å²) in [6.45, 7) is 1.07. The molecule has 1 aliphatic carbocycles. The minimum absolute atomic E-state index is 0.169. The van der Waals surface area contributed by atoms with Crippen molar-refractivity contribution >= 4 is 34.7 Å². The second-order valence-electron chi connectivity index (χ2n) is 7.56. The lowest BCUT2D eigenvalue weighted by Crippen LogP contribution is -2.32. The third-order valence-corrected chi connectivity index (χ3v) is 6.20. The highest BCUT2D eigenvalue weighted by Gasteiger charge is 2.57. The highest BCUT2D eigenvalue weighted by molar-refractivity contribution is 6.33. The number of amides is 1. The quantitative estimate of drug-likeness (QED) is 0.687. The van der Waals surface area contributed by atoms with E-state index in [2.05, 4.69) is 15.3 Å². The molecule has 29 heavy (non-hydrogen) atoms. The van der Waals surface area contributed by atoms with Crippen molar-refractivity contribution in [2.45, 2.75) is 6.04 Å². The first kappa shape index (κ1) is 17.9. The molecular weight excluding hydrogens is 394 g/mol. The van der Waals surface area contributed by atoms with Gasteiger partial charge in [-0.1, -0.05) is 29.8 Å². The van der Waals surface area contributed by atoms with Gasteiger partial charge in [0.1, 0.15) is 5.65 Å². The molecule has 8 nitrogen and oxygen atoms in total. The van der Waals surface area contributed by atoms with Gasteiger partial charge in [0.15, 0.2) is 0 Å². The Kier molecular flexibility index (Phi) is 3.99. The number of carboxylic acid groups (broad SMARTS) is 1. The van der Waals surface area contributed by atoms with Gasteiger partial charge >= 0.3 is 6.09 Å². The van der Waals surface area contributed by atoms with Crippen molar-refractivity contribution in [3.63, 3.8) is 0 Å². The summed E-state index contributed by atoms with van der Waals surface area (Å²) in [5.74, 6) is 1.02. The van der Waals surface area contributed by atoms with Gasteiger partial charge in [-0.05, 0) is 12.1 Å². The lowest BCUT2D eigenvalue weighted by Gasteiger charge is -2.16. The SMILES string of the molecule is Cn1c(=O)c(-c2ccccc2Cl)cc2cnc(NC3C4CN(C(=O)O)CC43)nc21. The number of carbonyl (C=O) groups is 1. The molecule has 148 valence electrons. The summed E-state index contributed by atoms with van der Waals surface area (Å²) in [4.78, 5) is 34.3. The van der Waals surface area contributed by atoms with Crippen molar-refractivity contribution in [1.29, 1.82) is 0 Å². The van der Waals surface area contributed by atoms with E-state index in [1.807, 2.05) is 18.2 Å². The first-order chi connectivity index (χ1) is 13.9. The van der Waals surface area contributed by atoms with Crippen LogP contribution in [0.15, 0.2) is 41.3 Å². The van der Waals surface area contributed by atoms with Crippen LogP contribution in [0.1, 0.15) is 0 Å². The zero-order valence-corrected chi connectivity index (χ0v) is 16.3. The van der Waals surface area contributed by atoms with Crippen molar-refractivity contribution in [1.82, 2.24) is 19.4 Å². The number of fused-ring (bicyclic) bond motifs is 2. The number of nitrogens with one attached hydrogen (secondary N) is 1. The number of hydrogen-bond donors (Lipinski definition) is 2. The van der Waals surface area contributed by atoms with Gasteiger partial charge in [0.2, 0.25) is 5.95 Å². The van der Waals surface area contributed by atoms with Crippen molar-refractivity contribution in [3.05, 3.63) is 51.9 Å². The molecule has 2 fully saturated rings. The first-order valence-corrected chi connectivity index (χ1v) is 9.68. The summed E-state index contributed by atoms with van der Waals surface area (Å²) in [5.41, 5.74) is 1.52. The monoisotopic (exact) mass is 411 g/mol. The Morgan fingerprint density at radius 1 is 1.24 bits per heavy atom. The highest BCUT2D eigenvalue weighted by atomic mass is 35.5. The van der Waals surface area contributed by atoms with E-state index in [1.54, 1.807) is 25.4 Å². The van der Waals surface area contributed by atoms with Crippen LogP contribution in [0.25, 0.3) is 22.2 Å². The number of likely N-dealkylation sites (tertiary alicyclic amines) is 1. The molecule has 1 saturated carbocycles. The Morgan fingerprint density at radius 3 is 2.66 bits per heavy atom. The number of pyridine rings is 1. The van der Waals surface area contributed by atoms with E-state index in [4.69, 9.17) is 16.7 Å². The van der Waals surface area contributed by atoms with Crippen LogP contribution in [0, 0.1) is 11.8 Å². The van der Waals surface area contributed by atoms with Crippen LogP contribution in [0.5, 0.6) is 0 Å². The molecule has 3 heterocycles. The van der Waals surface area contributed by atoms with E-state index in [1.165, 1.54) is 9.47 Å². The maximum absolute atomic E-state index is 12.9. The number of nitrogens with zero attached hydrogens (tertiary/aromatic N) is 4. The molecule has 3 aromatic rings. The van der Waals surface area contributed by atoms with Crippen LogP contribution < -0.4 is 10.9 Å². The number of piperidine rings is 1. The number of anilines is 1. The number of halogens is 1. The molecule has 2 aromatic heterocycles. The topological polar surface area (TPSA) is 100 Å². The smallest absolute Gasteiger partial charge is 0.407 e. The van der Waals surface area contributed by atoms with Gasteiger partial charge in [-0.2, -0.15) is 4.98 Å². The average molecular weight is 412 g/mol. The zero-order chi connectivity index (χ0) is 20.3. The minimum atomic E-state index is -0.873. The number of benzene rings is 1. The summed E-state index contributed by atoms with van der Waals surface area (Å²) in [5, 5.41) is 13.6. The van der Waals surface area contributed by atoms with Gasteiger partial charge in [0, 0.05) is 65.7 Å². The molecule has 2 unspecified atom stereocenters. The van der Waals surface area contributed by atoms with E-state index in [0.29, 0.717) is 40.8 Å². The molecule has 2 N–H and O–H groups in total. The summed E-state index contributed by atoms with van der Waals surface area (Å²) >= 11 is 6.27. The van der Waals surface area contributed by atoms with E-state index in [9.17, 15) is 9.59 Å². The van der Waals surface area contributed by atoms with Gasteiger partial charge in [-0.15, -0.1) is 0 Å². The molecule has 1 amide bonds. The standard InChI is InChI=1S/C20H18ClN5O3/c1-25-17-10(6-12(18(25)27)11-4-2-3-5-15(11)21)7-22-19(24-17)23-16-13-8-26(20(28)29)9-14(13)16/h2-7,13-14,16H,8-9H2,1H3,(H,28,29)(H,22,23,24). The molecule has 5 rings (SSSR count). The minimum Gasteiger partial charge on any atom is -0.465 e. The maximum Gasteiger partial charge on any atom is 0.407 e. The van der Waals surface area contributed by atoms with Crippen LogP contribution in [0.2, 0.25) is 5.02 Å². The van der Waals surface area contributed by atoms with Crippen LogP contribution in [0.4, 0.5) is 10.7 Å². The van der Waals surface area contributed by atoms with Gasteiger partial charge in [-0.3, -0.25) is 9.36 Å². The fourth-order valence-electron chi connectivity index (χ4n) is 4.23. The van der Waals surface area contributed by atoms with Crippen LogP contribution in [0.3, 0.4) is 0 Å². The summed E-state index contributed by atoms with van der Waals surface area (Å²) < 4.78 is 1.50. The third kappa shape index (κ3) is 2.91. The molecule has 0 radical (unpaired) electrons. The predicted octanol–water partition coefficient (Wildman–Crippen LogP) is 2.67. The molecule has 1 aliphatic heterocycles. The van der Waals surface area contributed by atoms with Crippen LogP contribution in [-0.4, -0.2) is 49.8 Å². The largest absolute Gasteiger partial charge is 0.465 e. The molecule has 9 heteroatoms. The molecule has 1 aromatic carbocycles. The Bertz CT molecular complexity index is 1200. The van der Waals surface area contributed by atoms with Crippen molar-refractivity contribution in [3.8, 4) is 11.1 Å². The van der Waals surface area contributed by atoms with Gasteiger partial charge in [0.05, 0.1) is 0 Å². The fraction of sp³-hybridized carbons (Fsp3) is 0.300. The highest BCUT2D eigenvalue weighted by Crippen LogP contribution is 2.46. The zero-order valence-electron chi connectivity index (χ0n) is 15.5. The summed E-state index contributed by atoms with van der Waals surface area (Å²) in [7, 11) is 1.68. The van der Waals surface area contributed by atoms with Crippen molar-refractivity contribution < 1.29 is 9.90 Å². The van der Waals surface area contributed by atoms with Gasteiger partial charge < -0.3 is 15.3 Å². The number of aryl methyl sites for hydroxylation is 1. The normalized spacial score (nSPS) is 22.6. The summed E-state index contributed by atoms with van der Waals surface area (Å²) in [6, 6.07) is 9.16. The average Bonchev–Trinajstić information content (AvgIpc) is 3.13. The molecule has 0 spiro atoms. The van der Waals surface area contributed by atoms with E-state index in [-0.39, 0.29) is 23.4 Å². The van der Waals surface area contributed by atoms with Crippen LogP contribution >= 0.6 is 11.6 Å². The van der Waals surface area contributed by atoms with Crippen molar-refractivity contribution in [2.24, 2.45) is 18.9 Å². The molecule has 2 atom stereocenters. The van der Waals surface area contributed by atoms with E-state index < -0.39 is 6.09 Å². The Labute approximate surface area is 170 Å². The molecule has 0 bridgehead atoms. The Morgan fingerprint density at radius 2 is 1.97 bits per heavy atom. The van der Waals surface area contributed by atoms with Gasteiger partial charge in [-0.25, -0.2) is 9.78 Å².